The third kappa shape index (κ3) is 2.67. The SMILES string of the molecule is Cc1nc(C(=O)Nc2cc(-c3cncc4[nH]ccc34)cc3[nH]ncc23)cs1. The molecule has 4 aromatic heterocycles. The van der Waals surface area contributed by atoms with E-state index in [-0.39, 0.29) is 5.91 Å². The van der Waals surface area contributed by atoms with Crippen molar-refractivity contribution in [2.45, 2.75) is 6.92 Å². The summed E-state index contributed by atoms with van der Waals surface area (Å²) in [5, 5.41) is 14.6. The van der Waals surface area contributed by atoms with Gasteiger partial charge < -0.3 is 10.3 Å². The molecular formula is C19H14N6OS. The van der Waals surface area contributed by atoms with Crippen molar-refractivity contribution in [3.63, 3.8) is 0 Å². The van der Waals surface area contributed by atoms with Crippen LogP contribution in [0.4, 0.5) is 5.69 Å². The number of amides is 1. The van der Waals surface area contributed by atoms with Crippen LogP contribution in [-0.2, 0) is 0 Å². The van der Waals surface area contributed by atoms with Crippen molar-refractivity contribution in [3.8, 4) is 11.1 Å². The fourth-order valence-electron chi connectivity index (χ4n) is 3.17. The number of nitrogens with one attached hydrogen (secondary N) is 3. The van der Waals surface area contributed by atoms with Crippen LogP contribution in [0.15, 0.2) is 48.4 Å². The maximum Gasteiger partial charge on any atom is 0.275 e. The summed E-state index contributed by atoms with van der Waals surface area (Å²) in [6.45, 7) is 1.88. The number of aryl methyl sites for hydroxylation is 1. The van der Waals surface area contributed by atoms with Crippen LogP contribution in [0.2, 0.25) is 0 Å². The van der Waals surface area contributed by atoms with Gasteiger partial charge in [0.25, 0.3) is 5.91 Å². The average molecular weight is 374 g/mol. The van der Waals surface area contributed by atoms with Gasteiger partial charge in [0.2, 0.25) is 0 Å². The van der Waals surface area contributed by atoms with Gasteiger partial charge in [-0.25, -0.2) is 4.98 Å². The van der Waals surface area contributed by atoms with Gasteiger partial charge in [-0.05, 0) is 30.7 Å². The standard InChI is InChI=1S/C19H14N6OS/c1-10-23-18(9-27-10)19(26)24-15-4-11(5-16-14(15)7-22-25-16)13-6-20-8-17-12(13)2-3-21-17/h2-9,21H,1H3,(H,22,25)(H,24,26). The predicted octanol–water partition coefficient (Wildman–Crippen LogP) is 4.12. The van der Waals surface area contributed by atoms with Crippen LogP contribution in [0.1, 0.15) is 15.5 Å². The molecule has 1 aromatic carbocycles. The molecule has 5 aromatic rings. The van der Waals surface area contributed by atoms with E-state index in [0.717, 1.165) is 37.9 Å². The van der Waals surface area contributed by atoms with E-state index in [9.17, 15) is 4.79 Å². The molecule has 0 aliphatic rings. The van der Waals surface area contributed by atoms with Gasteiger partial charge in [0.1, 0.15) is 5.69 Å². The normalized spacial score (nSPS) is 11.3. The predicted molar refractivity (Wildman–Crippen MR) is 106 cm³/mol. The molecule has 0 spiro atoms. The molecule has 0 unspecified atom stereocenters. The number of hydrogen-bond acceptors (Lipinski definition) is 5. The first kappa shape index (κ1) is 15.7. The molecule has 0 atom stereocenters. The van der Waals surface area contributed by atoms with Crippen molar-refractivity contribution in [3.05, 3.63) is 59.1 Å². The zero-order valence-electron chi connectivity index (χ0n) is 14.3. The van der Waals surface area contributed by atoms with Crippen LogP contribution in [0.25, 0.3) is 32.9 Å². The molecule has 0 saturated heterocycles. The third-order valence-electron chi connectivity index (χ3n) is 4.45. The average Bonchev–Trinajstić information content (AvgIpc) is 3.41. The quantitative estimate of drug-likeness (QED) is 0.442. The number of carbonyl (C=O) groups excluding carboxylic acids is 1. The molecule has 0 fully saturated rings. The molecule has 4 heterocycles. The molecule has 7 nitrogen and oxygen atoms in total. The summed E-state index contributed by atoms with van der Waals surface area (Å²) < 4.78 is 0. The van der Waals surface area contributed by atoms with Crippen molar-refractivity contribution < 1.29 is 4.79 Å². The number of carbonyl (C=O) groups is 1. The first-order valence-corrected chi connectivity index (χ1v) is 9.19. The Morgan fingerprint density at radius 2 is 2.07 bits per heavy atom. The third-order valence-corrected chi connectivity index (χ3v) is 5.22. The number of aromatic nitrogens is 5. The van der Waals surface area contributed by atoms with Crippen LogP contribution in [-0.4, -0.2) is 31.1 Å². The van der Waals surface area contributed by atoms with Crippen LogP contribution in [0.3, 0.4) is 0 Å². The highest BCUT2D eigenvalue weighted by molar-refractivity contribution is 7.09. The van der Waals surface area contributed by atoms with Gasteiger partial charge in [-0.2, -0.15) is 5.10 Å². The van der Waals surface area contributed by atoms with Gasteiger partial charge in [0.05, 0.1) is 34.1 Å². The van der Waals surface area contributed by atoms with Crippen molar-refractivity contribution in [2.75, 3.05) is 5.32 Å². The maximum absolute atomic E-state index is 12.6. The second kappa shape index (κ2) is 6.03. The van der Waals surface area contributed by atoms with Crippen LogP contribution < -0.4 is 5.32 Å². The lowest BCUT2D eigenvalue weighted by Crippen LogP contribution is -2.12. The number of anilines is 1. The number of hydrogen-bond donors (Lipinski definition) is 3. The summed E-state index contributed by atoms with van der Waals surface area (Å²) in [4.78, 5) is 24.3. The van der Waals surface area contributed by atoms with Crippen LogP contribution >= 0.6 is 11.3 Å². The highest BCUT2D eigenvalue weighted by atomic mass is 32.1. The summed E-state index contributed by atoms with van der Waals surface area (Å²) in [6.07, 6.45) is 7.21. The highest BCUT2D eigenvalue weighted by Gasteiger charge is 2.15. The van der Waals surface area contributed by atoms with E-state index in [1.165, 1.54) is 11.3 Å². The molecule has 1 amide bonds. The first-order valence-electron chi connectivity index (χ1n) is 8.31. The Morgan fingerprint density at radius 3 is 2.93 bits per heavy atom. The van der Waals surface area contributed by atoms with E-state index in [1.54, 1.807) is 17.8 Å². The number of fused-ring (bicyclic) bond motifs is 2. The molecular weight excluding hydrogens is 360 g/mol. The van der Waals surface area contributed by atoms with Gasteiger partial charge in [0.15, 0.2) is 0 Å². The lowest BCUT2D eigenvalue weighted by atomic mass is 10.0. The number of rotatable bonds is 3. The highest BCUT2D eigenvalue weighted by Crippen LogP contribution is 2.33. The minimum atomic E-state index is -0.239. The fourth-order valence-corrected chi connectivity index (χ4v) is 3.77. The molecule has 0 saturated carbocycles. The Kier molecular flexibility index (Phi) is 3.51. The molecule has 0 radical (unpaired) electrons. The lowest BCUT2D eigenvalue weighted by Gasteiger charge is -2.09. The van der Waals surface area contributed by atoms with Crippen molar-refractivity contribution >= 4 is 44.7 Å². The summed E-state index contributed by atoms with van der Waals surface area (Å²) in [6, 6.07) is 5.96. The van der Waals surface area contributed by atoms with Gasteiger partial charge >= 0.3 is 0 Å². The molecule has 0 aliphatic heterocycles. The Morgan fingerprint density at radius 1 is 1.15 bits per heavy atom. The number of aromatic amines is 2. The van der Waals surface area contributed by atoms with Gasteiger partial charge in [-0.1, -0.05) is 0 Å². The Labute approximate surface area is 157 Å². The summed E-state index contributed by atoms with van der Waals surface area (Å²) >= 11 is 1.45. The summed E-state index contributed by atoms with van der Waals surface area (Å²) in [5.41, 5.74) is 4.80. The first-order chi connectivity index (χ1) is 13.2. The zero-order chi connectivity index (χ0) is 18.4. The van der Waals surface area contributed by atoms with Gasteiger partial charge in [0, 0.05) is 34.1 Å². The van der Waals surface area contributed by atoms with E-state index in [2.05, 4.69) is 30.5 Å². The Bertz CT molecular complexity index is 1300. The molecule has 3 N–H and O–H groups in total. The van der Waals surface area contributed by atoms with Crippen molar-refractivity contribution in [1.82, 2.24) is 25.1 Å². The van der Waals surface area contributed by atoms with Crippen LogP contribution in [0, 0.1) is 6.92 Å². The minimum absolute atomic E-state index is 0.239. The summed E-state index contributed by atoms with van der Waals surface area (Å²) in [7, 11) is 0. The van der Waals surface area contributed by atoms with Crippen molar-refractivity contribution in [1.29, 1.82) is 0 Å². The Hall–Kier alpha value is -3.52. The fraction of sp³-hybridized carbons (Fsp3) is 0.0526. The molecule has 27 heavy (non-hydrogen) atoms. The molecule has 0 bridgehead atoms. The monoisotopic (exact) mass is 374 g/mol. The largest absolute Gasteiger partial charge is 0.360 e. The van der Waals surface area contributed by atoms with E-state index < -0.39 is 0 Å². The maximum atomic E-state index is 12.6. The number of pyridine rings is 1. The van der Waals surface area contributed by atoms with E-state index in [0.29, 0.717) is 11.4 Å². The number of thiazole rings is 1. The second-order valence-corrected chi connectivity index (χ2v) is 7.25. The zero-order valence-corrected chi connectivity index (χ0v) is 15.1. The number of H-pyrrole nitrogens is 2. The van der Waals surface area contributed by atoms with Gasteiger partial charge in [-0.3, -0.25) is 14.9 Å². The van der Waals surface area contributed by atoms with E-state index in [4.69, 9.17) is 0 Å². The second-order valence-electron chi connectivity index (χ2n) is 6.19. The molecule has 0 aliphatic carbocycles. The Balaban J connectivity index is 1.63. The molecule has 5 rings (SSSR count). The van der Waals surface area contributed by atoms with Gasteiger partial charge in [-0.15, -0.1) is 11.3 Å². The smallest absolute Gasteiger partial charge is 0.275 e. The number of nitrogens with zero attached hydrogens (tertiary/aromatic N) is 3. The minimum Gasteiger partial charge on any atom is -0.360 e. The summed E-state index contributed by atoms with van der Waals surface area (Å²) in [5.74, 6) is -0.239. The van der Waals surface area contributed by atoms with Crippen molar-refractivity contribution in [2.24, 2.45) is 0 Å². The molecule has 8 heteroatoms. The number of benzene rings is 1. The lowest BCUT2D eigenvalue weighted by molar-refractivity contribution is 0.102. The van der Waals surface area contributed by atoms with E-state index in [1.807, 2.05) is 37.5 Å². The topological polar surface area (TPSA) is 99.4 Å². The van der Waals surface area contributed by atoms with E-state index >= 15 is 0 Å². The van der Waals surface area contributed by atoms with Crippen LogP contribution in [0.5, 0.6) is 0 Å². The molecule has 132 valence electrons.